The molecule has 0 bridgehead atoms. The smallest absolute Gasteiger partial charge is 0.128 e. The Morgan fingerprint density at radius 2 is 2.30 bits per heavy atom. The summed E-state index contributed by atoms with van der Waals surface area (Å²) in [7, 11) is 0. The number of nitrogens with zero attached hydrogens (tertiary/aromatic N) is 3. The van der Waals surface area contributed by atoms with Crippen LogP contribution in [0.3, 0.4) is 0 Å². The summed E-state index contributed by atoms with van der Waals surface area (Å²) in [5.41, 5.74) is 2.87. The van der Waals surface area contributed by atoms with E-state index >= 15 is 0 Å². The quantitative estimate of drug-likeness (QED) is 0.618. The molecule has 4 heteroatoms. The highest BCUT2D eigenvalue weighted by atomic mass is 15.9. The number of nitrogens with one attached hydrogen (secondary N) is 1. The summed E-state index contributed by atoms with van der Waals surface area (Å²) in [4.78, 5) is 0. The van der Waals surface area contributed by atoms with E-state index in [9.17, 15) is 0 Å². The number of hydrogen-bond donors (Lipinski definition) is 1. The van der Waals surface area contributed by atoms with Crippen molar-refractivity contribution in [2.45, 2.75) is 20.3 Å². The largest absolute Gasteiger partial charge is 0.275 e. The van der Waals surface area contributed by atoms with Gasteiger partial charge < -0.3 is 0 Å². The Morgan fingerprint density at radius 3 is 2.90 bits per heavy atom. The van der Waals surface area contributed by atoms with Crippen LogP contribution in [0.25, 0.3) is 0 Å². The van der Waals surface area contributed by atoms with Gasteiger partial charge in [0.2, 0.25) is 0 Å². The van der Waals surface area contributed by atoms with Gasteiger partial charge in [-0.05, 0) is 13.3 Å². The minimum Gasteiger partial charge on any atom is -0.275 e. The van der Waals surface area contributed by atoms with Gasteiger partial charge >= 0.3 is 0 Å². The van der Waals surface area contributed by atoms with E-state index in [4.69, 9.17) is 0 Å². The van der Waals surface area contributed by atoms with Gasteiger partial charge in [-0.15, -0.1) is 5.12 Å². The highest BCUT2D eigenvalue weighted by molar-refractivity contribution is 5.54. The Hall–Kier alpha value is -0.770. The molecule has 0 aromatic carbocycles. The van der Waals surface area contributed by atoms with Crippen LogP contribution in [0.1, 0.15) is 20.3 Å². The van der Waals surface area contributed by atoms with Crippen LogP contribution in [0.4, 0.5) is 0 Å². The third-order valence-corrected chi connectivity index (χ3v) is 1.43. The number of rotatable bonds is 3. The van der Waals surface area contributed by atoms with E-state index < -0.39 is 0 Å². The minimum atomic E-state index is 0.944. The lowest BCUT2D eigenvalue weighted by Crippen LogP contribution is -2.42. The number of hydrogen-bond acceptors (Lipinski definition) is 4. The molecule has 0 aromatic rings. The summed E-state index contributed by atoms with van der Waals surface area (Å²) in [5, 5.41) is 7.96. The maximum Gasteiger partial charge on any atom is 0.128 e. The summed E-state index contributed by atoms with van der Waals surface area (Å²) >= 11 is 0. The molecule has 0 atom stereocenters. The van der Waals surface area contributed by atoms with Crippen molar-refractivity contribution in [3.05, 3.63) is 0 Å². The second-order valence-electron chi connectivity index (χ2n) is 2.22. The summed E-state index contributed by atoms with van der Waals surface area (Å²) in [6.07, 6.45) is 2.96. The maximum absolute atomic E-state index is 3.91. The number of hydrazine groups is 2. The van der Waals surface area contributed by atoms with Crippen LogP contribution in [0.2, 0.25) is 0 Å². The Balaban J connectivity index is 2.33. The standard InChI is InChI=1S/C6H14N4/c1-3-5-9-6-7-8-10(9)4-2/h6,8H,3-5H2,1-2H3. The molecule has 1 aliphatic rings. The molecule has 10 heavy (non-hydrogen) atoms. The molecule has 0 unspecified atom stereocenters. The first-order valence-corrected chi connectivity index (χ1v) is 3.71. The van der Waals surface area contributed by atoms with Gasteiger partial charge in [-0.25, -0.2) is 5.53 Å². The maximum atomic E-state index is 3.91. The van der Waals surface area contributed by atoms with Gasteiger partial charge in [-0.2, -0.15) is 5.10 Å². The van der Waals surface area contributed by atoms with Gasteiger partial charge in [0.05, 0.1) is 0 Å². The fourth-order valence-corrected chi connectivity index (χ4v) is 0.939. The molecule has 0 amide bonds. The van der Waals surface area contributed by atoms with Gasteiger partial charge in [0.1, 0.15) is 6.34 Å². The van der Waals surface area contributed by atoms with Gasteiger partial charge in [-0.1, -0.05) is 6.92 Å². The molecular weight excluding hydrogens is 128 g/mol. The van der Waals surface area contributed by atoms with Gasteiger partial charge in [0, 0.05) is 13.1 Å². The fourth-order valence-electron chi connectivity index (χ4n) is 0.939. The van der Waals surface area contributed by atoms with Crippen LogP contribution >= 0.6 is 0 Å². The van der Waals surface area contributed by atoms with Crippen molar-refractivity contribution in [3.63, 3.8) is 0 Å². The summed E-state index contributed by atoms with van der Waals surface area (Å²) in [6, 6.07) is 0. The van der Waals surface area contributed by atoms with E-state index in [2.05, 4.69) is 29.5 Å². The second kappa shape index (κ2) is 3.41. The summed E-state index contributed by atoms with van der Waals surface area (Å²) in [6.45, 7) is 6.22. The molecular formula is C6H14N4. The zero-order valence-electron chi connectivity index (χ0n) is 6.54. The fraction of sp³-hybridized carbons (Fsp3) is 0.833. The highest BCUT2D eigenvalue weighted by Gasteiger charge is 2.12. The molecule has 0 aliphatic carbocycles. The van der Waals surface area contributed by atoms with Crippen molar-refractivity contribution in [2.24, 2.45) is 5.10 Å². The van der Waals surface area contributed by atoms with Crippen LogP contribution in [0, 0.1) is 0 Å². The summed E-state index contributed by atoms with van der Waals surface area (Å²) < 4.78 is 0. The van der Waals surface area contributed by atoms with E-state index in [0.29, 0.717) is 0 Å². The van der Waals surface area contributed by atoms with Crippen molar-refractivity contribution >= 4 is 6.34 Å². The lowest BCUT2D eigenvalue weighted by atomic mass is 10.5. The third-order valence-electron chi connectivity index (χ3n) is 1.43. The molecule has 0 radical (unpaired) electrons. The van der Waals surface area contributed by atoms with Gasteiger partial charge in [0.15, 0.2) is 0 Å². The topological polar surface area (TPSA) is 30.9 Å². The average molecular weight is 142 g/mol. The average Bonchev–Trinajstić information content (AvgIpc) is 2.36. The molecule has 1 heterocycles. The first kappa shape index (κ1) is 7.34. The first-order chi connectivity index (χ1) is 4.88. The van der Waals surface area contributed by atoms with Gasteiger partial charge in [0.25, 0.3) is 0 Å². The summed E-state index contributed by atoms with van der Waals surface area (Å²) in [5.74, 6) is 0. The monoisotopic (exact) mass is 142 g/mol. The van der Waals surface area contributed by atoms with E-state index in [0.717, 1.165) is 19.5 Å². The molecule has 1 N–H and O–H groups in total. The van der Waals surface area contributed by atoms with Crippen molar-refractivity contribution in [2.75, 3.05) is 13.1 Å². The predicted molar refractivity (Wildman–Crippen MR) is 41.0 cm³/mol. The Bertz CT molecular complexity index is 123. The van der Waals surface area contributed by atoms with Crippen LogP contribution in [-0.4, -0.2) is 29.6 Å². The Kier molecular flexibility index (Phi) is 2.50. The normalized spacial score (nSPS) is 18.0. The van der Waals surface area contributed by atoms with Gasteiger partial charge in [-0.3, -0.25) is 5.01 Å². The molecule has 4 nitrogen and oxygen atoms in total. The molecule has 1 rings (SSSR count). The molecule has 58 valence electrons. The molecule has 0 spiro atoms. The zero-order chi connectivity index (χ0) is 7.40. The SMILES string of the molecule is CCCN1C=NNN1CC. The van der Waals surface area contributed by atoms with Crippen molar-refractivity contribution < 1.29 is 0 Å². The van der Waals surface area contributed by atoms with Crippen LogP contribution in [-0.2, 0) is 0 Å². The zero-order valence-corrected chi connectivity index (χ0v) is 6.54. The van der Waals surface area contributed by atoms with Crippen molar-refractivity contribution in [1.29, 1.82) is 0 Å². The van der Waals surface area contributed by atoms with Crippen molar-refractivity contribution in [3.8, 4) is 0 Å². The predicted octanol–water partition coefficient (Wildman–Crippen LogP) is 0.397. The van der Waals surface area contributed by atoms with E-state index in [1.807, 2.05) is 11.5 Å². The highest BCUT2D eigenvalue weighted by Crippen LogP contribution is 1.97. The van der Waals surface area contributed by atoms with Crippen LogP contribution < -0.4 is 5.53 Å². The Morgan fingerprint density at radius 1 is 1.50 bits per heavy atom. The molecule has 0 saturated carbocycles. The number of hydrazone groups is 1. The molecule has 0 saturated heterocycles. The molecule has 0 aromatic heterocycles. The molecule has 0 fully saturated rings. The van der Waals surface area contributed by atoms with E-state index in [1.54, 1.807) is 0 Å². The minimum absolute atomic E-state index is 0.944. The first-order valence-electron chi connectivity index (χ1n) is 3.71. The van der Waals surface area contributed by atoms with E-state index in [-0.39, 0.29) is 0 Å². The van der Waals surface area contributed by atoms with E-state index in [1.165, 1.54) is 0 Å². The lowest BCUT2D eigenvalue weighted by molar-refractivity contribution is 0.0248. The third kappa shape index (κ3) is 1.39. The lowest BCUT2D eigenvalue weighted by Gasteiger charge is -2.24. The van der Waals surface area contributed by atoms with Crippen LogP contribution in [0.15, 0.2) is 5.10 Å². The van der Waals surface area contributed by atoms with Crippen LogP contribution in [0.5, 0.6) is 0 Å². The second-order valence-corrected chi connectivity index (χ2v) is 2.22. The van der Waals surface area contributed by atoms with Crippen molar-refractivity contribution in [1.82, 2.24) is 15.7 Å². The Labute approximate surface area is 61.4 Å². The molecule has 1 aliphatic heterocycles.